The maximum Gasteiger partial charge on any atom is 0.341 e. The molecule has 0 spiro atoms. The van der Waals surface area contributed by atoms with Gasteiger partial charge in [0.1, 0.15) is 5.56 Å². The maximum absolute atomic E-state index is 12.7. The number of carbonyl (C=O) groups is 1. The van der Waals surface area contributed by atoms with Crippen LogP contribution in [0.2, 0.25) is 0 Å². The Morgan fingerprint density at radius 1 is 1.08 bits per heavy atom. The Morgan fingerprint density at radius 2 is 1.79 bits per heavy atom. The molecule has 2 aliphatic rings. The zero-order chi connectivity index (χ0) is 26.9. The summed E-state index contributed by atoms with van der Waals surface area (Å²) in [6.45, 7) is 4.69. The summed E-state index contributed by atoms with van der Waals surface area (Å²) < 4.78 is 8.31. The molecular formula is C30H32N4O4S. The molecule has 9 heteroatoms. The molecule has 2 aromatic heterocycles. The SMILES string of the molecule is CN(CC1CCOCC1)c1nc2ccc(-n3cc(C(=O)O)c(=O)cc3-c3ccc(N4CCCC4)cc3)cc2s1. The monoisotopic (exact) mass is 544 g/mol. The second kappa shape index (κ2) is 10.8. The van der Waals surface area contributed by atoms with Crippen LogP contribution in [0.4, 0.5) is 10.8 Å². The molecule has 39 heavy (non-hydrogen) atoms. The highest BCUT2D eigenvalue weighted by atomic mass is 32.1. The largest absolute Gasteiger partial charge is 0.477 e. The molecule has 0 atom stereocenters. The zero-order valence-electron chi connectivity index (χ0n) is 22.0. The summed E-state index contributed by atoms with van der Waals surface area (Å²) >= 11 is 1.62. The van der Waals surface area contributed by atoms with Gasteiger partial charge in [-0.25, -0.2) is 9.78 Å². The van der Waals surface area contributed by atoms with E-state index in [9.17, 15) is 14.7 Å². The van der Waals surface area contributed by atoms with Crippen LogP contribution < -0.4 is 15.2 Å². The molecule has 0 aliphatic carbocycles. The van der Waals surface area contributed by atoms with Gasteiger partial charge in [0.15, 0.2) is 10.6 Å². The highest BCUT2D eigenvalue weighted by molar-refractivity contribution is 7.22. The van der Waals surface area contributed by atoms with Crippen molar-refractivity contribution in [2.75, 3.05) is 49.7 Å². The van der Waals surface area contributed by atoms with Crippen molar-refractivity contribution in [3.8, 4) is 16.9 Å². The molecule has 8 nitrogen and oxygen atoms in total. The number of aromatic carboxylic acids is 1. The van der Waals surface area contributed by atoms with Gasteiger partial charge in [-0.3, -0.25) is 4.79 Å². The summed E-state index contributed by atoms with van der Waals surface area (Å²) in [5.41, 5.74) is 3.59. The lowest BCUT2D eigenvalue weighted by atomic mass is 10.0. The van der Waals surface area contributed by atoms with Crippen molar-refractivity contribution in [2.24, 2.45) is 5.92 Å². The number of fused-ring (bicyclic) bond motifs is 1. The molecule has 4 aromatic rings. The Kier molecular flexibility index (Phi) is 7.10. The molecule has 0 bridgehead atoms. The number of hydrogen-bond acceptors (Lipinski definition) is 7. The number of benzene rings is 2. The number of ether oxygens (including phenoxy) is 1. The van der Waals surface area contributed by atoms with Crippen LogP contribution in [0.5, 0.6) is 0 Å². The Bertz CT molecular complexity index is 1550. The molecule has 0 amide bonds. The summed E-state index contributed by atoms with van der Waals surface area (Å²) in [6, 6.07) is 15.5. The highest BCUT2D eigenvalue weighted by Gasteiger charge is 2.20. The number of aromatic nitrogens is 2. The fourth-order valence-electron chi connectivity index (χ4n) is 5.56. The number of pyridine rings is 1. The minimum Gasteiger partial charge on any atom is -0.477 e. The van der Waals surface area contributed by atoms with E-state index in [4.69, 9.17) is 9.72 Å². The standard InChI is InChI=1S/C30H32N4O4S/c1-32(18-20-10-14-38-15-11-20)30-31-25-9-8-23(16-28(25)39-30)34-19-24(29(36)37)27(35)17-26(34)21-4-6-22(7-5-21)33-12-2-3-13-33/h4-9,16-17,19-20H,2-3,10-15,18H2,1H3,(H,36,37). The minimum absolute atomic E-state index is 0.256. The van der Waals surface area contributed by atoms with Crippen LogP contribution in [0.15, 0.2) is 59.5 Å². The molecule has 2 saturated heterocycles. The van der Waals surface area contributed by atoms with Crippen LogP contribution in [0.25, 0.3) is 27.2 Å². The molecule has 0 radical (unpaired) electrons. The van der Waals surface area contributed by atoms with E-state index < -0.39 is 11.4 Å². The first kappa shape index (κ1) is 25.6. The number of rotatable bonds is 7. The second-order valence-corrected chi connectivity index (χ2v) is 11.4. The van der Waals surface area contributed by atoms with Crippen LogP contribution in [-0.4, -0.2) is 60.5 Å². The third-order valence-corrected chi connectivity index (χ3v) is 8.89. The third-order valence-electron chi connectivity index (χ3n) is 7.75. The van der Waals surface area contributed by atoms with Crippen molar-refractivity contribution in [1.82, 2.24) is 9.55 Å². The lowest BCUT2D eigenvalue weighted by Gasteiger charge is -2.26. The van der Waals surface area contributed by atoms with Crippen LogP contribution in [0, 0.1) is 5.92 Å². The van der Waals surface area contributed by atoms with Crippen LogP contribution in [0.3, 0.4) is 0 Å². The molecule has 0 unspecified atom stereocenters. The number of nitrogens with zero attached hydrogens (tertiary/aromatic N) is 4. The molecule has 1 N–H and O–H groups in total. The van der Waals surface area contributed by atoms with E-state index in [0.29, 0.717) is 11.6 Å². The number of anilines is 2. The van der Waals surface area contributed by atoms with Gasteiger partial charge in [-0.15, -0.1) is 0 Å². The van der Waals surface area contributed by atoms with Crippen molar-refractivity contribution >= 4 is 38.3 Å². The van der Waals surface area contributed by atoms with E-state index in [1.54, 1.807) is 15.9 Å². The van der Waals surface area contributed by atoms with Gasteiger partial charge in [-0.05, 0) is 67.5 Å². The van der Waals surface area contributed by atoms with E-state index in [1.807, 2.05) is 30.3 Å². The topological polar surface area (TPSA) is 87.9 Å². The van der Waals surface area contributed by atoms with Crippen LogP contribution in [-0.2, 0) is 4.74 Å². The molecule has 2 fully saturated rings. The lowest BCUT2D eigenvalue weighted by Crippen LogP contribution is -2.29. The van der Waals surface area contributed by atoms with Gasteiger partial charge in [-0.1, -0.05) is 23.5 Å². The van der Waals surface area contributed by atoms with Gasteiger partial charge in [0, 0.05) is 63.5 Å². The minimum atomic E-state index is -1.24. The van der Waals surface area contributed by atoms with Gasteiger partial charge in [0.2, 0.25) is 0 Å². The summed E-state index contributed by atoms with van der Waals surface area (Å²) in [6.07, 6.45) is 5.98. The van der Waals surface area contributed by atoms with Crippen molar-refractivity contribution in [3.05, 3.63) is 70.5 Å². The Balaban J connectivity index is 1.36. The number of carboxylic acids is 1. The molecule has 2 aromatic carbocycles. The molecule has 0 saturated carbocycles. The number of thiazole rings is 1. The summed E-state index contributed by atoms with van der Waals surface area (Å²) in [5, 5.41) is 10.6. The van der Waals surface area contributed by atoms with Gasteiger partial charge in [-0.2, -0.15) is 0 Å². The highest BCUT2D eigenvalue weighted by Crippen LogP contribution is 2.33. The molecule has 2 aliphatic heterocycles. The molecular weight excluding hydrogens is 512 g/mol. The predicted molar refractivity (Wildman–Crippen MR) is 156 cm³/mol. The summed E-state index contributed by atoms with van der Waals surface area (Å²) in [7, 11) is 2.08. The second-order valence-electron chi connectivity index (χ2n) is 10.4. The quantitative estimate of drug-likeness (QED) is 0.339. The first-order valence-electron chi connectivity index (χ1n) is 13.5. The average Bonchev–Trinajstić information content (AvgIpc) is 3.64. The van der Waals surface area contributed by atoms with E-state index in [-0.39, 0.29) is 5.56 Å². The van der Waals surface area contributed by atoms with E-state index in [0.717, 1.165) is 78.0 Å². The van der Waals surface area contributed by atoms with Gasteiger partial charge in [0.05, 0.1) is 15.9 Å². The van der Waals surface area contributed by atoms with Gasteiger partial charge < -0.3 is 24.2 Å². The van der Waals surface area contributed by atoms with Crippen LogP contribution in [0.1, 0.15) is 36.0 Å². The average molecular weight is 545 g/mol. The van der Waals surface area contributed by atoms with E-state index >= 15 is 0 Å². The fourth-order valence-corrected chi connectivity index (χ4v) is 6.53. The van der Waals surface area contributed by atoms with E-state index in [1.165, 1.54) is 25.1 Å². The fraction of sp³-hybridized carbons (Fsp3) is 0.367. The maximum atomic E-state index is 12.7. The van der Waals surface area contributed by atoms with Crippen molar-refractivity contribution in [3.63, 3.8) is 0 Å². The smallest absolute Gasteiger partial charge is 0.341 e. The van der Waals surface area contributed by atoms with Crippen molar-refractivity contribution < 1.29 is 14.6 Å². The third kappa shape index (κ3) is 5.29. The normalized spacial score (nSPS) is 16.2. The van der Waals surface area contributed by atoms with Gasteiger partial charge in [0.25, 0.3) is 0 Å². The molecule has 6 rings (SSSR count). The predicted octanol–water partition coefficient (Wildman–Crippen LogP) is 5.28. The van der Waals surface area contributed by atoms with Crippen molar-refractivity contribution in [1.29, 1.82) is 0 Å². The van der Waals surface area contributed by atoms with Crippen LogP contribution >= 0.6 is 11.3 Å². The Hall–Kier alpha value is -3.69. The lowest BCUT2D eigenvalue weighted by molar-refractivity contribution is 0.0684. The van der Waals surface area contributed by atoms with Crippen molar-refractivity contribution in [2.45, 2.75) is 25.7 Å². The summed E-state index contributed by atoms with van der Waals surface area (Å²) in [4.78, 5) is 34.0. The van der Waals surface area contributed by atoms with E-state index in [2.05, 4.69) is 29.0 Å². The number of hydrogen-bond donors (Lipinski definition) is 1. The number of carboxylic acid groups (broad SMARTS) is 1. The molecule has 4 heterocycles. The van der Waals surface area contributed by atoms with Gasteiger partial charge >= 0.3 is 5.97 Å². The first-order valence-corrected chi connectivity index (χ1v) is 14.3. The zero-order valence-corrected chi connectivity index (χ0v) is 22.8. The first-order chi connectivity index (χ1) is 19.0. The summed E-state index contributed by atoms with van der Waals surface area (Å²) in [5.74, 6) is -0.637. The molecule has 202 valence electrons. The Labute approximate surface area is 231 Å². The Morgan fingerprint density at radius 3 is 2.51 bits per heavy atom.